The third kappa shape index (κ3) is 1.60. The van der Waals surface area contributed by atoms with Gasteiger partial charge in [0.15, 0.2) is 0 Å². The Labute approximate surface area is 107 Å². The number of hydrogen-bond acceptors (Lipinski definition) is 4. The summed E-state index contributed by atoms with van der Waals surface area (Å²) in [5, 5.41) is 0.632. The Morgan fingerprint density at radius 1 is 1.28 bits per heavy atom. The van der Waals surface area contributed by atoms with Gasteiger partial charge in [0.05, 0.1) is 5.39 Å². The van der Waals surface area contributed by atoms with Crippen LogP contribution in [0.3, 0.4) is 0 Å². The fraction of sp³-hybridized carbons (Fsp3) is 0.0769. The van der Waals surface area contributed by atoms with E-state index in [-0.39, 0.29) is 11.5 Å². The molecule has 0 aliphatic rings. The summed E-state index contributed by atoms with van der Waals surface area (Å²) in [5.41, 5.74) is 7.35. The van der Waals surface area contributed by atoms with Gasteiger partial charge in [0.25, 0.3) is 5.56 Å². The maximum Gasteiger partial charge on any atom is 0.283 e. The van der Waals surface area contributed by atoms with Gasteiger partial charge in [-0.25, -0.2) is 0 Å². The first-order valence-corrected chi connectivity index (χ1v) is 6.33. The number of thiophene rings is 1. The fourth-order valence-electron chi connectivity index (χ4n) is 2.03. The van der Waals surface area contributed by atoms with Crippen molar-refractivity contribution >= 4 is 27.5 Å². The van der Waals surface area contributed by atoms with Gasteiger partial charge in [0.2, 0.25) is 5.95 Å². The van der Waals surface area contributed by atoms with E-state index >= 15 is 0 Å². The van der Waals surface area contributed by atoms with E-state index in [1.54, 1.807) is 0 Å². The summed E-state index contributed by atoms with van der Waals surface area (Å²) in [7, 11) is 0. The first-order valence-electron chi connectivity index (χ1n) is 5.51. The molecule has 0 saturated heterocycles. The van der Waals surface area contributed by atoms with Gasteiger partial charge in [0, 0.05) is 4.88 Å². The summed E-state index contributed by atoms with van der Waals surface area (Å²) in [6.45, 7) is 1.94. The quantitative estimate of drug-likeness (QED) is 0.703. The lowest BCUT2D eigenvalue weighted by atomic mass is 10.1. The molecule has 0 aliphatic heterocycles. The van der Waals surface area contributed by atoms with Crippen LogP contribution in [0.4, 0.5) is 5.95 Å². The standard InChI is InChI=1S/C13H11N3OS/c1-7-9-11(17)15-13(14)16-12(9)18-10(7)8-5-3-2-4-6-8/h2-6H,1H3,(H3,14,15,16,17). The third-order valence-corrected chi connectivity index (χ3v) is 4.12. The first-order chi connectivity index (χ1) is 8.66. The van der Waals surface area contributed by atoms with Gasteiger partial charge in [0.1, 0.15) is 4.83 Å². The monoisotopic (exact) mass is 257 g/mol. The third-order valence-electron chi connectivity index (χ3n) is 2.86. The van der Waals surface area contributed by atoms with Crippen LogP contribution < -0.4 is 11.3 Å². The number of nitrogens with one attached hydrogen (secondary N) is 1. The second kappa shape index (κ2) is 3.96. The topological polar surface area (TPSA) is 71.8 Å². The molecule has 0 atom stereocenters. The first kappa shape index (κ1) is 11.0. The van der Waals surface area contributed by atoms with Crippen LogP contribution in [0, 0.1) is 6.92 Å². The van der Waals surface area contributed by atoms with Crippen LogP contribution in [0.5, 0.6) is 0 Å². The van der Waals surface area contributed by atoms with Crippen molar-refractivity contribution in [3.8, 4) is 10.4 Å². The molecule has 2 heterocycles. The Kier molecular flexibility index (Phi) is 2.41. The van der Waals surface area contributed by atoms with Gasteiger partial charge in [-0.1, -0.05) is 30.3 Å². The average molecular weight is 257 g/mol. The lowest BCUT2D eigenvalue weighted by Crippen LogP contribution is -2.10. The van der Waals surface area contributed by atoms with E-state index in [2.05, 4.69) is 9.97 Å². The summed E-state index contributed by atoms with van der Waals surface area (Å²) in [6, 6.07) is 9.98. The van der Waals surface area contributed by atoms with Gasteiger partial charge in [-0.3, -0.25) is 4.79 Å². The van der Waals surface area contributed by atoms with Crippen molar-refractivity contribution in [1.82, 2.24) is 9.97 Å². The molecule has 0 fully saturated rings. The van der Waals surface area contributed by atoms with Crippen LogP contribution in [0.1, 0.15) is 5.56 Å². The number of fused-ring (bicyclic) bond motifs is 1. The Bertz CT molecular complexity index is 774. The Hall–Kier alpha value is -2.14. The van der Waals surface area contributed by atoms with Crippen molar-refractivity contribution in [2.45, 2.75) is 6.92 Å². The normalized spacial score (nSPS) is 10.9. The number of aryl methyl sites for hydroxylation is 1. The molecule has 2 aromatic heterocycles. The van der Waals surface area contributed by atoms with Gasteiger partial charge in [-0.2, -0.15) is 4.98 Å². The number of hydrogen-bond donors (Lipinski definition) is 2. The molecule has 18 heavy (non-hydrogen) atoms. The largest absolute Gasteiger partial charge is 0.369 e. The zero-order chi connectivity index (χ0) is 12.7. The molecule has 0 bridgehead atoms. The minimum atomic E-state index is -0.266. The Morgan fingerprint density at radius 2 is 2.00 bits per heavy atom. The minimum absolute atomic E-state index is 0.161. The summed E-state index contributed by atoms with van der Waals surface area (Å²) in [6.07, 6.45) is 0. The smallest absolute Gasteiger partial charge is 0.283 e. The predicted molar refractivity (Wildman–Crippen MR) is 74.8 cm³/mol. The van der Waals surface area contributed by atoms with Crippen molar-refractivity contribution in [3.05, 3.63) is 46.2 Å². The van der Waals surface area contributed by atoms with Gasteiger partial charge < -0.3 is 10.7 Å². The maximum absolute atomic E-state index is 11.9. The van der Waals surface area contributed by atoms with E-state index in [0.29, 0.717) is 5.39 Å². The van der Waals surface area contributed by atoms with Crippen molar-refractivity contribution in [1.29, 1.82) is 0 Å². The van der Waals surface area contributed by atoms with Crippen molar-refractivity contribution in [2.24, 2.45) is 0 Å². The predicted octanol–water partition coefficient (Wildman–Crippen LogP) is 2.54. The number of aromatic amines is 1. The number of rotatable bonds is 1. The highest BCUT2D eigenvalue weighted by molar-refractivity contribution is 7.22. The molecule has 3 N–H and O–H groups in total. The molecule has 3 rings (SSSR count). The highest BCUT2D eigenvalue weighted by Gasteiger charge is 2.14. The lowest BCUT2D eigenvalue weighted by Gasteiger charge is -1.97. The number of H-pyrrole nitrogens is 1. The second-order valence-electron chi connectivity index (χ2n) is 4.05. The average Bonchev–Trinajstić information content (AvgIpc) is 2.67. The lowest BCUT2D eigenvalue weighted by molar-refractivity contribution is 1.19. The van der Waals surface area contributed by atoms with E-state index in [0.717, 1.165) is 20.8 Å². The molecule has 0 saturated carbocycles. The zero-order valence-electron chi connectivity index (χ0n) is 9.73. The zero-order valence-corrected chi connectivity index (χ0v) is 10.5. The SMILES string of the molecule is Cc1c(-c2ccccc2)sc2[nH]c(N)nc(=O)c12. The molecular weight excluding hydrogens is 246 g/mol. The van der Waals surface area contributed by atoms with Gasteiger partial charge in [-0.15, -0.1) is 11.3 Å². The van der Waals surface area contributed by atoms with Crippen LogP contribution >= 0.6 is 11.3 Å². The van der Waals surface area contributed by atoms with Crippen molar-refractivity contribution in [3.63, 3.8) is 0 Å². The van der Waals surface area contributed by atoms with Crippen LogP contribution in [-0.2, 0) is 0 Å². The van der Waals surface area contributed by atoms with E-state index in [4.69, 9.17) is 5.73 Å². The molecule has 4 nitrogen and oxygen atoms in total. The molecule has 0 spiro atoms. The van der Waals surface area contributed by atoms with Crippen LogP contribution in [0.2, 0.25) is 0 Å². The van der Waals surface area contributed by atoms with E-state index in [1.807, 2.05) is 37.3 Å². The minimum Gasteiger partial charge on any atom is -0.369 e. The fourth-order valence-corrected chi connectivity index (χ4v) is 3.24. The summed E-state index contributed by atoms with van der Waals surface area (Å²) in [5.74, 6) is 0.161. The van der Waals surface area contributed by atoms with E-state index in [9.17, 15) is 4.79 Å². The van der Waals surface area contributed by atoms with E-state index < -0.39 is 0 Å². The Morgan fingerprint density at radius 3 is 2.72 bits per heavy atom. The molecular formula is C13H11N3OS. The molecule has 5 heteroatoms. The molecule has 1 aromatic carbocycles. The van der Waals surface area contributed by atoms with Gasteiger partial charge >= 0.3 is 0 Å². The Balaban J connectivity index is 2.37. The van der Waals surface area contributed by atoms with Crippen molar-refractivity contribution < 1.29 is 0 Å². The number of aromatic nitrogens is 2. The summed E-state index contributed by atoms with van der Waals surface area (Å²) < 4.78 is 0. The number of benzene rings is 1. The molecule has 0 unspecified atom stereocenters. The molecule has 90 valence electrons. The summed E-state index contributed by atoms with van der Waals surface area (Å²) in [4.78, 5) is 20.4. The second-order valence-corrected chi connectivity index (χ2v) is 5.07. The number of anilines is 1. The molecule has 0 amide bonds. The highest BCUT2D eigenvalue weighted by atomic mass is 32.1. The highest BCUT2D eigenvalue weighted by Crippen LogP contribution is 2.35. The van der Waals surface area contributed by atoms with Crippen LogP contribution in [0.15, 0.2) is 35.1 Å². The number of nitrogen functional groups attached to an aromatic ring is 1. The summed E-state index contributed by atoms with van der Waals surface area (Å²) >= 11 is 1.53. The number of nitrogens with two attached hydrogens (primary N) is 1. The maximum atomic E-state index is 11.9. The van der Waals surface area contributed by atoms with Crippen LogP contribution in [0.25, 0.3) is 20.7 Å². The molecule has 0 aliphatic carbocycles. The van der Waals surface area contributed by atoms with Crippen molar-refractivity contribution in [2.75, 3.05) is 5.73 Å². The molecule has 3 aromatic rings. The van der Waals surface area contributed by atoms with Gasteiger partial charge in [-0.05, 0) is 18.1 Å². The van der Waals surface area contributed by atoms with Crippen LogP contribution in [-0.4, -0.2) is 9.97 Å². The molecule has 0 radical (unpaired) electrons. The van der Waals surface area contributed by atoms with E-state index in [1.165, 1.54) is 11.3 Å². The number of nitrogens with zero attached hydrogens (tertiary/aromatic N) is 1.